The SMILES string of the molecule is CC(C)[C@H](CO)N1C(=O)[C@@H]2[C@@H]3C(=O)OCCC/C=C\[C@@H]3S[C@@]23C=CCN(c2ccc4ccccc4c2)C(=O)C13. The molecule has 0 aromatic heterocycles. The van der Waals surface area contributed by atoms with Crippen molar-refractivity contribution in [1.82, 2.24) is 4.90 Å². The van der Waals surface area contributed by atoms with Gasteiger partial charge in [-0.05, 0) is 41.7 Å². The van der Waals surface area contributed by atoms with E-state index >= 15 is 0 Å². The Balaban J connectivity index is 1.49. The van der Waals surface area contributed by atoms with Crippen LogP contribution in [0.15, 0.2) is 66.8 Å². The number of benzene rings is 2. The van der Waals surface area contributed by atoms with Gasteiger partial charge >= 0.3 is 5.97 Å². The number of aliphatic hydroxyl groups is 1. The van der Waals surface area contributed by atoms with Crippen LogP contribution in [0.25, 0.3) is 10.8 Å². The molecular weight excluding hydrogens is 512 g/mol. The highest BCUT2D eigenvalue weighted by Gasteiger charge is 2.71. The van der Waals surface area contributed by atoms with E-state index in [1.807, 2.05) is 74.5 Å². The highest BCUT2D eigenvalue weighted by atomic mass is 32.2. The monoisotopic (exact) mass is 546 g/mol. The summed E-state index contributed by atoms with van der Waals surface area (Å²) in [6.07, 6.45) is 9.59. The zero-order valence-electron chi connectivity index (χ0n) is 22.2. The van der Waals surface area contributed by atoms with Gasteiger partial charge in [0, 0.05) is 17.5 Å². The van der Waals surface area contributed by atoms with Crippen molar-refractivity contribution in [2.75, 3.05) is 24.7 Å². The Morgan fingerprint density at radius 1 is 1.08 bits per heavy atom. The first-order valence-electron chi connectivity index (χ1n) is 13.8. The van der Waals surface area contributed by atoms with Gasteiger partial charge in [-0.2, -0.15) is 0 Å². The van der Waals surface area contributed by atoms with Crippen LogP contribution in [0.4, 0.5) is 5.69 Å². The number of ether oxygens (including phenoxy) is 1. The molecule has 4 aliphatic heterocycles. The van der Waals surface area contributed by atoms with Crippen LogP contribution in [-0.4, -0.2) is 69.6 Å². The maximum atomic E-state index is 14.6. The smallest absolute Gasteiger partial charge is 0.311 e. The third-order valence-electron chi connectivity index (χ3n) is 8.65. The number of aliphatic hydroxyl groups excluding tert-OH is 1. The fourth-order valence-electron chi connectivity index (χ4n) is 6.75. The predicted molar refractivity (Wildman–Crippen MR) is 152 cm³/mol. The van der Waals surface area contributed by atoms with E-state index in [9.17, 15) is 19.5 Å². The molecule has 2 aromatic rings. The van der Waals surface area contributed by atoms with E-state index in [-0.39, 0.29) is 35.6 Å². The third kappa shape index (κ3) is 4.11. The van der Waals surface area contributed by atoms with Crippen molar-refractivity contribution < 1.29 is 24.2 Å². The molecule has 1 unspecified atom stereocenters. The molecule has 204 valence electrons. The second-order valence-electron chi connectivity index (χ2n) is 11.2. The number of hydrogen-bond acceptors (Lipinski definition) is 6. The highest BCUT2D eigenvalue weighted by molar-refractivity contribution is 8.02. The Morgan fingerprint density at radius 2 is 1.87 bits per heavy atom. The summed E-state index contributed by atoms with van der Waals surface area (Å²) in [7, 11) is 0. The molecule has 1 spiro atoms. The van der Waals surface area contributed by atoms with Crippen LogP contribution in [0.1, 0.15) is 26.7 Å². The molecule has 2 saturated heterocycles. The van der Waals surface area contributed by atoms with E-state index in [4.69, 9.17) is 4.74 Å². The van der Waals surface area contributed by atoms with Crippen LogP contribution >= 0.6 is 11.8 Å². The first-order valence-corrected chi connectivity index (χ1v) is 14.7. The normalized spacial score (nSPS) is 32.2. The zero-order valence-corrected chi connectivity index (χ0v) is 23.0. The van der Waals surface area contributed by atoms with Crippen molar-refractivity contribution >= 4 is 46.0 Å². The van der Waals surface area contributed by atoms with Crippen LogP contribution in [0.2, 0.25) is 0 Å². The van der Waals surface area contributed by atoms with Crippen LogP contribution in [0, 0.1) is 17.8 Å². The van der Waals surface area contributed by atoms with Crippen molar-refractivity contribution in [3.05, 3.63) is 66.8 Å². The summed E-state index contributed by atoms with van der Waals surface area (Å²) >= 11 is 1.53. The number of allylic oxidation sites excluding steroid dienone is 1. The minimum absolute atomic E-state index is 0.0860. The number of esters is 1. The number of fused-ring (bicyclic) bond motifs is 3. The molecule has 8 heteroatoms. The Kier molecular flexibility index (Phi) is 6.79. The maximum absolute atomic E-state index is 14.6. The summed E-state index contributed by atoms with van der Waals surface area (Å²) in [5.74, 6) is -2.36. The molecule has 0 bridgehead atoms. The molecule has 6 rings (SSSR count). The van der Waals surface area contributed by atoms with Crippen LogP contribution in [-0.2, 0) is 19.1 Å². The molecule has 0 aliphatic carbocycles. The lowest BCUT2D eigenvalue weighted by Gasteiger charge is -2.39. The number of likely N-dealkylation sites (tertiary alicyclic amines) is 1. The van der Waals surface area contributed by atoms with Crippen LogP contribution < -0.4 is 4.90 Å². The largest absolute Gasteiger partial charge is 0.465 e. The quantitative estimate of drug-likeness (QED) is 0.462. The fraction of sp³-hybridized carbons (Fsp3) is 0.452. The first kappa shape index (κ1) is 26.1. The van der Waals surface area contributed by atoms with Gasteiger partial charge in [0.1, 0.15) is 6.04 Å². The Labute approximate surface area is 232 Å². The molecule has 4 heterocycles. The van der Waals surface area contributed by atoms with Gasteiger partial charge in [-0.25, -0.2) is 0 Å². The molecule has 39 heavy (non-hydrogen) atoms. The number of nitrogens with zero attached hydrogens (tertiary/aromatic N) is 2. The number of amides is 2. The van der Waals surface area contributed by atoms with Gasteiger partial charge in [-0.15, -0.1) is 11.8 Å². The summed E-state index contributed by atoms with van der Waals surface area (Å²) in [6.45, 7) is 4.29. The van der Waals surface area contributed by atoms with Crippen molar-refractivity contribution in [2.24, 2.45) is 17.8 Å². The second-order valence-corrected chi connectivity index (χ2v) is 12.7. The van der Waals surface area contributed by atoms with Gasteiger partial charge in [0.15, 0.2) is 0 Å². The molecule has 0 saturated carbocycles. The van der Waals surface area contributed by atoms with Crippen LogP contribution in [0.5, 0.6) is 0 Å². The fourth-order valence-corrected chi connectivity index (χ4v) is 8.73. The lowest BCUT2D eigenvalue weighted by atomic mass is 9.78. The minimum atomic E-state index is -0.944. The number of hydrogen-bond donors (Lipinski definition) is 1. The second kappa shape index (κ2) is 10.1. The number of cyclic esters (lactones) is 1. The van der Waals surface area contributed by atoms with E-state index in [2.05, 4.69) is 6.08 Å². The van der Waals surface area contributed by atoms with Crippen molar-refractivity contribution in [2.45, 2.75) is 48.8 Å². The third-order valence-corrected chi connectivity index (χ3v) is 10.4. The van der Waals surface area contributed by atoms with E-state index in [1.165, 1.54) is 11.8 Å². The predicted octanol–water partition coefficient (Wildman–Crippen LogP) is 3.95. The van der Waals surface area contributed by atoms with Gasteiger partial charge in [-0.1, -0.05) is 68.5 Å². The summed E-state index contributed by atoms with van der Waals surface area (Å²) in [6, 6.07) is 12.5. The van der Waals surface area contributed by atoms with Crippen LogP contribution in [0.3, 0.4) is 0 Å². The van der Waals surface area contributed by atoms with Crippen molar-refractivity contribution in [3.8, 4) is 0 Å². The molecule has 6 atom stereocenters. The first-order chi connectivity index (χ1) is 18.9. The average molecular weight is 547 g/mol. The molecule has 7 nitrogen and oxygen atoms in total. The summed E-state index contributed by atoms with van der Waals surface area (Å²) < 4.78 is 4.69. The molecule has 2 fully saturated rings. The lowest BCUT2D eigenvalue weighted by Crippen LogP contribution is -2.57. The van der Waals surface area contributed by atoms with E-state index in [0.717, 1.165) is 29.3 Å². The van der Waals surface area contributed by atoms with E-state index in [0.29, 0.717) is 13.2 Å². The van der Waals surface area contributed by atoms with Gasteiger partial charge in [-0.3, -0.25) is 14.4 Å². The topological polar surface area (TPSA) is 87.2 Å². The van der Waals surface area contributed by atoms with Gasteiger partial charge in [0.05, 0.1) is 35.8 Å². The Morgan fingerprint density at radius 3 is 2.64 bits per heavy atom. The Bertz CT molecular complexity index is 1370. The van der Waals surface area contributed by atoms with Gasteiger partial charge in [0.2, 0.25) is 5.91 Å². The molecule has 2 amide bonds. The van der Waals surface area contributed by atoms with Gasteiger partial charge in [0.25, 0.3) is 5.91 Å². The molecular formula is C31H34N2O5S. The standard InChI is InChI=1S/C31H34N2O5S/c1-19(2)23(18-34)33-27-29(36)32(22-13-12-20-9-5-6-10-21(20)17-22)15-8-14-31(27)26(28(33)35)25-24(39-31)11-4-3-7-16-38-30(25)37/h4-6,8-14,17,19,23-27,34H,3,7,15-16,18H2,1-2H3/b11-4-/t23-,24-,25+,26-,27?,31-/m0/s1. The summed E-state index contributed by atoms with van der Waals surface area (Å²) in [4.78, 5) is 45.8. The van der Waals surface area contributed by atoms with E-state index < -0.39 is 28.7 Å². The molecule has 4 aliphatic rings. The number of rotatable bonds is 4. The average Bonchev–Trinajstić information content (AvgIpc) is 3.34. The molecule has 2 aromatic carbocycles. The van der Waals surface area contributed by atoms with Gasteiger partial charge < -0.3 is 19.6 Å². The number of thioether (sulfide) groups is 1. The molecule has 1 N–H and O–H groups in total. The number of carbonyl (C=O) groups excluding carboxylic acids is 3. The lowest BCUT2D eigenvalue weighted by molar-refractivity contribution is -0.153. The Hall–Kier alpha value is -3.10. The number of anilines is 1. The minimum Gasteiger partial charge on any atom is -0.465 e. The summed E-state index contributed by atoms with van der Waals surface area (Å²) in [5.41, 5.74) is 0.756. The highest BCUT2D eigenvalue weighted by Crippen LogP contribution is 2.61. The number of carbonyl (C=O) groups is 3. The van der Waals surface area contributed by atoms with Crippen molar-refractivity contribution in [1.29, 1.82) is 0 Å². The molecule has 0 radical (unpaired) electrons. The maximum Gasteiger partial charge on any atom is 0.311 e. The van der Waals surface area contributed by atoms with Crippen molar-refractivity contribution in [3.63, 3.8) is 0 Å². The van der Waals surface area contributed by atoms with E-state index in [1.54, 1.807) is 9.80 Å². The zero-order chi connectivity index (χ0) is 27.3. The summed E-state index contributed by atoms with van der Waals surface area (Å²) in [5, 5.41) is 12.3.